The first kappa shape index (κ1) is 28.8. The number of hydrogen-bond donors (Lipinski definition) is 0. The number of nitrogens with zero attached hydrogens (tertiary/aromatic N) is 4. The van der Waals surface area contributed by atoms with Crippen molar-refractivity contribution in [1.29, 1.82) is 0 Å². The SMILES string of the molecule is c1ccc(-n2c3ccccc3c3cc(-c4ccc5c(c4)c4ccccc4n5-c4cccc(-c5ncc6ccc7ccccc7c6n5)c4)ccc32)cc1. The second-order valence-electron chi connectivity index (χ2n) is 13.5. The summed E-state index contributed by atoms with van der Waals surface area (Å²) in [5, 5.41) is 8.30. The number of fused-ring (bicyclic) bond motifs is 9. The summed E-state index contributed by atoms with van der Waals surface area (Å²) in [7, 11) is 0. The molecule has 0 aliphatic carbocycles. The van der Waals surface area contributed by atoms with Crippen LogP contribution < -0.4 is 0 Å². The van der Waals surface area contributed by atoms with E-state index in [0.717, 1.165) is 38.9 Å². The molecule has 52 heavy (non-hydrogen) atoms. The molecule has 4 nitrogen and oxygen atoms in total. The van der Waals surface area contributed by atoms with Gasteiger partial charge in [-0.25, -0.2) is 9.97 Å². The zero-order valence-electron chi connectivity index (χ0n) is 28.1. The van der Waals surface area contributed by atoms with Gasteiger partial charge in [0.2, 0.25) is 0 Å². The minimum Gasteiger partial charge on any atom is -0.309 e. The molecule has 11 aromatic rings. The topological polar surface area (TPSA) is 35.6 Å². The van der Waals surface area contributed by atoms with Crippen molar-refractivity contribution >= 4 is 65.3 Å². The zero-order chi connectivity index (χ0) is 34.2. The highest BCUT2D eigenvalue weighted by Crippen LogP contribution is 2.38. The van der Waals surface area contributed by atoms with Gasteiger partial charge in [-0.3, -0.25) is 0 Å². The molecule has 0 bridgehead atoms. The lowest BCUT2D eigenvalue weighted by Gasteiger charge is -2.11. The van der Waals surface area contributed by atoms with E-state index < -0.39 is 0 Å². The van der Waals surface area contributed by atoms with Crippen molar-refractivity contribution in [2.75, 3.05) is 0 Å². The van der Waals surface area contributed by atoms with Crippen LogP contribution in [0.2, 0.25) is 0 Å². The molecule has 3 aromatic heterocycles. The summed E-state index contributed by atoms with van der Waals surface area (Å²) < 4.78 is 4.73. The van der Waals surface area contributed by atoms with Crippen molar-refractivity contribution in [2.45, 2.75) is 0 Å². The molecule has 0 saturated heterocycles. The number of aromatic nitrogens is 4. The fourth-order valence-electron chi connectivity index (χ4n) is 8.13. The van der Waals surface area contributed by atoms with E-state index >= 15 is 0 Å². The molecule has 8 aromatic carbocycles. The molecule has 0 amide bonds. The van der Waals surface area contributed by atoms with Crippen LogP contribution in [0.15, 0.2) is 182 Å². The van der Waals surface area contributed by atoms with Crippen molar-refractivity contribution in [1.82, 2.24) is 19.1 Å². The van der Waals surface area contributed by atoms with Crippen molar-refractivity contribution in [2.24, 2.45) is 0 Å². The Bertz CT molecular complexity index is 3190. The fourth-order valence-corrected chi connectivity index (χ4v) is 8.13. The Hall–Kier alpha value is -7.04. The van der Waals surface area contributed by atoms with E-state index in [1.54, 1.807) is 0 Å². The summed E-state index contributed by atoms with van der Waals surface area (Å²) in [6, 6.07) is 63.0. The predicted octanol–water partition coefficient (Wildman–Crippen LogP) is 12.3. The minimum absolute atomic E-state index is 0.720. The summed E-state index contributed by atoms with van der Waals surface area (Å²) >= 11 is 0. The molecule has 11 rings (SSSR count). The Morgan fingerprint density at radius 1 is 0.346 bits per heavy atom. The highest BCUT2D eigenvalue weighted by atomic mass is 15.0. The Kier molecular flexibility index (Phi) is 6.22. The molecule has 242 valence electrons. The first-order valence-corrected chi connectivity index (χ1v) is 17.7. The monoisotopic (exact) mass is 662 g/mol. The van der Waals surface area contributed by atoms with Gasteiger partial charge in [-0.1, -0.05) is 115 Å². The molecular weight excluding hydrogens is 633 g/mol. The van der Waals surface area contributed by atoms with Crippen LogP contribution in [0, 0.1) is 0 Å². The van der Waals surface area contributed by atoms with E-state index in [1.807, 2.05) is 6.20 Å². The summed E-state index contributed by atoms with van der Waals surface area (Å²) in [5.74, 6) is 0.720. The Morgan fingerprint density at radius 3 is 1.62 bits per heavy atom. The first-order valence-electron chi connectivity index (χ1n) is 17.7. The van der Waals surface area contributed by atoms with Gasteiger partial charge in [0.15, 0.2) is 5.82 Å². The van der Waals surface area contributed by atoms with Gasteiger partial charge in [0, 0.05) is 55.5 Å². The quantitative estimate of drug-likeness (QED) is 0.176. The average Bonchev–Trinajstić information content (AvgIpc) is 3.73. The van der Waals surface area contributed by atoms with E-state index in [1.165, 1.54) is 60.3 Å². The Labute approximate surface area is 299 Å². The molecule has 0 aliphatic rings. The molecule has 4 heteroatoms. The summed E-state index contributed by atoms with van der Waals surface area (Å²) in [6.45, 7) is 0. The highest BCUT2D eigenvalue weighted by molar-refractivity contribution is 6.13. The van der Waals surface area contributed by atoms with Crippen LogP contribution in [0.5, 0.6) is 0 Å². The van der Waals surface area contributed by atoms with Crippen LogP contribution >= 0.6 is 0 Å². The molecule has 0 spiro atoms. The molecule has 3 heterocycles. The van der Waals surface area contributed by atoms with Gasteiger partial charge in [-0.05, 0) is 77.2 Å². The van der Waals surface area contributed by atoms with E-state index in [-0.39, 0.29) is 0 Å². The van der Waals surface area contributed by atoms with Crippen LogP contribution in [0.25, 0.3) is 99.2 Å². The molecule has 0 aliphatic heterocycles. The standard InChI is InChI=1S/C48H30N4/c1-2-13-36(14-3-1)51-43-19-8-6-17-39(43)41-28-32(23-25-45(41)51)33-24-26-46-42(29-33)40-18-7-9-20-44(40)52(46)37-15-10-12-34(27-37)48-49-30-35-22-21-31-11-4-5-16-38(31)47(35)50-48/h1-30H. The molecule has 0 unspecified atom stereocenters. The third kappa shape index (κ3) is 4.34. The number of benzene rings is 8. The minimum atomic E-state index is 0.720. The van der Waals surface area contributed by atoms with Crippen molar-refractivity contribution in [3.63, 3.8) is 0 Å². The lowest BCUT2D eigenvalue weighted by molar-refractivity contribution is 1.17. The van der Waals surface area contributed by atoms with E-state index in [2.05, 4.69) is 185 Å². The molecule has 0 radical (unpaired) electrons. The second-order valence-corrected chi connectivity index (χ2v) is 13.5. The Balaban J connectivity index is 1.05. The van der Waals surface area contributed by atoms with Crippen LogP contribution in [-0.2, 0) is 0 Å². The van der Waals surface area contributed by atoms with Gasteiger partial charge in [0.1, 0.15) is 0 Å². The maximum Gasteiger partial charge on any atom is 0.159 e. The van der Waals surface area contributed by atoms with Crippen molar-refractivity contribution in [3.05, 3.63) is 182 Å². The third-order valence-electron chi connectivity index (χ3n) is 10.5. The van der Waals surface area contributed by atoms with Gasteiger partial charge < -0.3 is 9.13 Å². The van der Waals surface area contributed by atoms with Crippen LogP contribution in [0.3, 0.4) is 0 Å². The van der Waals surface area contributed by atoms with Crippen molar-refractivity contribution in [3.8, 4) is 33.9 Å². The summed E-state index contributed by atoms with van der Waals surface area (Å²) in [5.41, 5.74) is 11.3. The van der Waals surface area contributed by atoms with E-state index in [0.29, 0.717) is 0 Å². The molecule has 0 atom stereocenters. The normalized spacial score (nSPS) is 11.8. The maximum absolute atomic E-state index is 5.10. The summed E-state index contributed by atoms with van der Waals surface area (Å²) in [4.78, 5) is 9.92. The van der Waals surface area contributed by atoms with E-state index in [9.17, 15) is 0 Å². The fraction of sp³-hybridized carbons (Fsp3) is 0. The van der Waals surface area contributed by atoms with Crippen LogP contribution in [-0.4, -0.2) is 19.1 Å². The average molecular weight is 663 g/mol. The largest absolute Gasteiger partial charge is 0.309 e. The highest BCUT2D eigenvalue weighted by Gasteiger charge is 2.17. The van der Waals surface area contributed by atoms with Crippen molar-refractivity contribution < 1.29 is 0 Å². The van der Waals surface area contributed by atoms with E-state index in [4.69, 9.17) is 9.97 Å². The van der Waals surface area contributed by atoms with Gasteiger partial charge in [0.25, 0.3) is 0 Å². The smallest absolute Gasteiger partial charge is 0.159 e. The number of hydrogen-bond acceptors (Lipinski definition) is 2. The lowest BCUT2D eigenvalue weighted by Crippen LogP contribution is -1.96. The zero-order valence-corrected chi connectivity index (χ0v) is 28.1. The number of para-hydroxylation sites is 3. The first-order chi connectivity index (χ1) is 25.8. The maximum atomic E-state index is 5.10. The predicted molar refractivity (Wildman–Crippen MR) is 217 cm³/mol. The lowest BCUT2D eigenvalue weighted by atomic mass is 10.0. The van der Waals surface area contributed by atoms with Gasteiger partial charge >= 0.3 is 0 Å². The summed E-state index contributed by atoms with van der Waals surface area (Å²) in [6.07, 6.45) is 1.94. The molecular formula is C48H30N4. The molecule has 0 N–H and O–H groups in total. The molecule has 0 fully saturated rings. The Morgan fingerprint density at radius 2 is 0.904 bits per heavy atom. The second kappa shape index (κ2) is 11.2. The van der Waals surface area contributed by atoms with Crippen LogP contribution in [0.4, 0.5) is 0 Å². The van der Waals surface area contributed by atoms with Gasteiger partial charge in [-0.2, -0.15) is 0 Å². The molecule has 0 saturated carbocycles. The van der Waals surface area contributed by atoms with Crippen LogP contribution in [0.1, 0.15) is 0 Å². The number of rotatable bonds is 4. The van der Waals surface area contributed by atoms with Gasteiger partial charge in [0.05, 0.1) is 27.6 Å². The third-order valence-corrected chi connectivity index (χ3v) is 10.5. The van der Waals surface area contributed by atoms with Gasteiger partial charge in [-0.15, -0.1) is 0 Å².